The highest BCUT2D eigenvalue weighted by atomic mass is 32.1. The van der Waals surface area contributed by atoms with E-state index in [4.69, 9.17) is 0 Å². The molecule has 0 spiro atoms. The Labute approximate surface area is 151 Å². The Morgan fingerprint density at radius 3 is 2.62 bits per heavy atom. The molecule has 0 aliphatic heterocycles. The topological polar surface area (TPSA) is 51.2 Å². The molecular weight excluding hydrogens is 365 g/mol. The Hall–Kier alpha value is -2.87. The molecule has 8 heteroatoms. The number of carbonyl (C=O) groups is 1. The first-order valence-electron chi connectivity index (χ1n) is 7.55. The van der Waals surface area contributed by atoms with Crippen molar-refractivity contribution in [3.8, 4) is 16.3 Å². The summed E-state index contributed by atoms with van der Waals surface area (Å²) in [5.74, 6) is -0.859. The zero-order valence-electron chi connectivity index (χ0n) is 13.3. The van der Waals surface area contributed by atoms with Crippen LogP contribution in [0.2, 0.25) is 0 Å². The van der Waals surface area contributed by atoms with Crippen molar-refractivity contribution in [2.24, 2.45) is 0 Å². The molecule has 4 nitrogen and oxygen atoms in total. The fourth-order valence-electron chi connectivity index (χ4n) is 2.24. The molecule has 3 rings (SSSR count). The lowest BCUT2D eigenvalue weighted by Gasteiger charge is -2.11. The Morgan fingerprint density at radius 1 is 1.15 bits per heavy atom. The van der Waals surface area contributed by atoms with E-state index in [2.05, 4.69) is 15.0 Å². The van der Waals surface area contributed by atoms with Crippen LogP contribution < -0.4 is 10.1 Å². The Balaban J connectivity index is 1.67. The summed E-state index contributed by atoms with van der Waals surface area (Å²) < 4.78 is 42.2. The van der Waals surface area contributed by atoms with Gasteiger partial charge >= 0.3 is 6.61 Å². The Morgan fingerprint density at radius 2 is 1.88 bits per heavy atom. The molecule has 0 aliphatic carbocycles. The largest absolute Gasteiger partial charge is 0.433 e. The van der Waals surface area contributed by atoms with Crippen LogP contribution in [0.5, 0.6) is 5.75 Å². The number of rotatable bonds is 6. The molecule has 0 unspecified atom stereocenters. The lowest BCUT2D eigenvalue weighted by molar-refractivity contribution is -0.115. The van der Waals surface area contributed by atoms with Gasteiger partial charge in [-0.2, -0.15) is 8.78 Å². The zero-order valence-corrected chi connectivity index (χ0v) is 14.1. The van der Waals surface area contributed by atoms with Gasteiger partial charge in [0.05, 0.1) is 17.8 Å². The average molecular weight is 378 g/mol. The number of halogens is 3. The molecule has 1 aromatic heterocycles. The van der Waals surface area contributed by atoms with Crippen LogP contribution in [0.25, 0.3) is 10.6 Å². The number of alkyl halides is 2. The van der Waals surface area contributed by atoms with Crippen molar-refractivity contribution in [3.05, 3.63) is 65.4 Å². The molecule has 0 saturated heterocycles. The number of carbonyl (C=O) groups excluding carboxylic acids is 1. The van der Waals surface area contributed by atoms with E-state index in [1.165, 1.54) is 41.7 Å². The van der Waals surface area contributed by atoms with Gasteiger partial charge in [0, 0.05) is 10.9 Å². The van der Waals surface area contributed by atoms with Gasteiger partial charge in [-0.15, -0.1) is 11.3 Å². The van der Waals surface area contributed by atoms with E-state index in [1.807, 2.05) is 0 Å². The van der Waals surface area contributed by atoms with Crippen molar-refractivity contribution < 1.29 is 22.7 Å². The van der Waals surface area contributed by atoms with E-state index < -0.39 is 12.5 Å². The van der Waals surface area contributed by atoms with Crippen LogP contribution in [-0.2, 0) is 11.2 Å². The number of aromatic nitrogens is 1. The highest BCUT2D eigenvalue weighted by Crippen LogP contribution is 2.27. The molecule has 2 aromatic carbocycles. The molecular formula is C18H13F3N2O2S. The number of hydrogen-bond donors (Lipinski definition) is 1. The van der Waals surface area contributed by atoms with Gasteiger partial charge in [-0.05, 0) is 36.4 Å². The normalized spacial score (nSPS) is 10.8. The van der Waals surface area contributed by atoms with Crippen LogP contribution in [-0.4, -0.2) is 17.5 Å². The summed E-state index contributed by atoms with van der Waals surface area (Å²) in [5.41, 5.74) is 1.43. The third-order valence-corrected chi connectivity index (χ3v) is 4.30. The van der Waals surface area contributed by atoms with Crippen LogP contribution in [0.1, 0.15) is 5.69 Å². The van der Waals surface area contributed by atoms with Crippen molar-refractivity contribution in [3.63, 3.8) is 0 Å². The molecule has 134 valence electrons. The molecule has 0 bridgehead atoms. The number of anilines is 1. The predicted molar refractivity (Wildman–Crippen MR) is 92.9 cm³/mol. The van der Waals surface area contributed by atoms with Gasteiger partial charge < -0.3 is 10.1 Å². The molecule has 0 aliphatic rings. The summed E-state index contributed by atoms with van der Waals surface area (Å²) in [6.07, 6.45) is -0.0271. The summed E-state index contributed by atoms with van der Waals surface area (Å²) in [4.78, 5) is 16.5. The Bertz CT molecular complexity index is 897. The summed E-state index contributed by atoms with van der Waals surface area (Å²) in [6, 6.07) is 11.8. The van der Waals surface area contributed by atoms with Crippen molar-refractivity contribution in [2.45, 2.75) is 13.0 Å². The minimum Gasteiger partial charge on any atom is -0.433 e. The lowest BCUT2D eigenvalue weighted by Crippen LogP contribution is -2.16. The number of hydrogen-bond acceptors (Lipinski definition) is 4. The number of nitrogens with zero attached hydrogens (tertiary/aromatic N) is 1. The van der Waals surface area contributed by atoms with Gasteiger partial charge in [0.15, 0.2) is 0 Å². The predicted octanol–water partition coefficient (Wildman–Crippen LogP) is 4.73. The molecule has 1 amide bonds. The maximum absolute atomic E-state index is 13.0. The highest BCUT2D eigenvalue weighted by molar-refractivity contribution is 7.13. The molecule has 1 heterocycles. The van der Waals surface area contributed by atoms with E-state index in [-0.39, 0.29) is 23.7 Å². The third-order valence-electron chi connectivity index (χ3n) is 3.36. The standard InChI is InChI=1S/C18H13F3N2O2S/c19-12-7-5-11(6-8-12)17-22-13(10-26-17)9-16(24)23-14-3-1-2-4-15(14)25-18(20)21/h1-8,10,18H,9H2,(H,23,24). The van der Waals surface area contributed by atoms with E-state index in [9.17, 15) is 18.0 Å². The second kappa shape index (κ2) is 8.01. The summed E-state index contributed by atoms with van der Waals surface area (Å²) in [7, 11) is 0. The Kier molecular flexibility index (Phi) is 5.52. The molecule has 0 atom stereocenters. The molecule has 0 radical (unpaired) electrons. The second-order valence-electron chi connectivity index (χ2n) is 5.25. The fourth-order valence-corrected chi connectivity index (χ4v) is 3.07. The summed E-state index contributed by atoms with van der Waals surface area (Å²) in [6.45, 7) is -2.98. The van der Waals surface area contributed by atoms with Crippen molar-refractivity contribution in [1.82, 2.24) is 4.98 Å². The molecule has 1 N–H and O–H groups in total. The molecule has 26 heavy (non-hydrogen) atoms. The fraction of sp³-hybridized carbons (Fsp3) is 0.111. The van der Waals surface area contributed by atoms with E-state index in [0.717, 1.165) is 5.56 Å². The number of thiazole rings is 1. The minimum atomic E-state index is -2.98. The van der Waals surface area contributed by atoms with Gasteiger partial charge in [-0.1, -0.05) is 12.1 Å². The maximum atomic E-state index is 13.0. The molecule has 0 saturated carbocycles. The number of para-hydroxylation sites is 2. The smallest absolute Gasteiger partial charge is 0.387 e. The van der Waals surface area contributed by atoms with Crippen LogP contribution in [0, 0.1) is 5.82 Å². The number of amides is 1. The first kappa shape index (κ1) is 17.9. The number of ether oxygens (including phenoxy) is 1. The lowest BCUT2D eigenvalue weighted by atomic mass is 10.2. The minimum absolute atomic E-state index is 0.0271. The van der Waals surface area contributed by atoms with Gasteiger partial charge in [0.1, 0.15) is 16.6 Å². The SMILES string of the molecule is O=C(Cc1csc(-c2ccc(F)cc2)n1)Nc1ccccc1OC(F)F. The molecule has 3 aromatic rings. The third kappa shape index (κ3) is 4.60. The van der Waals surface area contributed by atoms with Crippen molar-refractivity contribution in [2.75, 3.05) is 5.32 Å². The highest BCUT2D eigenvalue weighted by Gasteiger charge is 2.13. The van der Waals surface area contributed by atoms with Crippen molar-refractivity contribution in [1.29, 1.82) is 0 Å². The second-order valence-corrected chi connectivity index (χ2v) is 6.11. The molecule has 0 fully saturated rings. The number of nitrogens with one attached hydrogen (secondary N) is 1. The average Bonchev–Trinajstić information content (AvgIpc) is 3.05. The first-order valence-corrected chi connectivity index (χ1v) is 8.43. The van der Waals surface area contributed by atoms with Gasteiger partial charge in [-0.3, -0.25) is 4.79 Å². The summed E-state index contributed by atoms with van der Waals surface area (Å²) >= 11 is 1.33. The first-order chi connectivity index (χ1) is 12.5. The van der Waals surface area contributed by atoms with E-state index in [0.29, 0.717) is 10.7 Å². The van der Waals surface area contributed by atoms with Gasteiger partial charge in [-0.25, -0.2) is 9.37 Å². The van der Waals surface area contributed by atoms with E-state index >= 15 is 0 Å². The quantitative estimate of drug-likeness (QED) is 0.675. The van der Waals surface area contributed by atoms with Crippen LogP contribution >= 0.6 is 11.3 Å². The monoisotopic (exact) mass is 378 g/mol. The maximum Gasteiger partial charge on any atom is 0.387 e. The van der Waals surface area contributed by atoms with Crippen LogP contribution in [0.3, 0.4) is 0 Å². The van der Waals surface area contributed by atoms with Gasteiger partial charge in [0.2, 0.25) is 5.91 Å². The zero-order chi connectivity index (χ0) is 18.5. The van der Waals surface area contributed by atoms with Crippen LogP contribution in [0.15, 0.2) is 53.9 Å². The number of benzene rings is 2. The van der Waals surface area contributed by atoms with E-state index in [1.54, 1.807) is 23.6 Å². The van der Waals surface area contributed by atoms with Gasteiger partial charge in [0.25, 0.3) is 0 Å². The van der Waals surface area contributed by atoms with Crippen LogP contribution in [0.4, 0.5) is 18.9 Å². The summed E-state index contributed by atoms with van der Waals surface area (Å²) in [5, 5.41) is 4.92. The van der Waals surface area contributed by atoms with Crippen molar-refractivity contribution >= 4 is 22.9 Å².